The summed E-state index contributed by atoms with van der Waals surface area (Å²) in [5, 5.41) is 7.51. The first-order valence-corrected chi connectivity index (χ1v) is 6.28. The number of benzene rings is 1. The molecule has 1 saturated heterocycles. The summed E-state index contributed by atoms with van der Waals surface area (Å²) in [6.07, 6.45) is -4.42. The van der Waals surface area contributed by atoms with Crippen LogP contribution in [0.25, 0.3) is 0 Å². The number of hydrogen-bond donors (Lipinski definition) is 3. The summed E-state index contributed by atoms with van der Waals surface area (Å²) in [6, 6.07) is 2.91. The third-order valence-electron chi connectivity index (χ3n) is 3.17. The van der Waals surface area contributed by atoms with Gasteiger partial charge in [0.1, 0.15) is 0 Å². The molecule has 1 unspecified atom stereocenters. The van der Waals surface area contributed by atoms with Gasteiger partial charge in [0.25, 0.3) is 5.91 Å². The van der Waals surface area contributed by atoms with Gasteiger partial charge < -0.3 is 16.0 Å². The molecule has 0 radical (unpaired) electrons. The maximum absolute atomic E-state index is 12.9. The summed E-state index contributed by atoms with van der Waals surface area (Å²) in [4.78, 5) is 23.0. The molecule has 8 heteroatoms. The first kappa shape index (κ1) is 15.1. The van der Waals surface area contributed by atoms with Crippen molar-refractivity contribution in [2.45, 2.75) is 18.6 Å². The highest BCUT2D eigenvalue weighted by Gasteiger charge is 2.34. The van der Waals surface area contributed by atoms with Crippen molar-refractivity contribution in [3.05, 3.63) is 29.3 Å². The standard InChI is InChI=1S/C13H14F3N3O2/c1-17-10-3-2-7(4-9(10)13(14,15)16)12(21)19-8-5-11(20)18-6-8/h2-4,8,17H,5-6H2,1H3,(H,18,20)(H,19,21). The molecule has 0 spiro atoms. The fourth-order valence-corrected chi connectivity index (χ4v) is 2.11. The van der Waals surface area contributed by atoms with Gasteiger partial charge in [-0.1, -0.05) is 0 Å². The predicted molar refractivity (Wildman–Crippen MR) is 69.9 cm³/mol. The highest BCUT2D eigenvalue weighted by molar-refractivity contribution is 5.95. The van der Waals surface area contributed by atoms with E-state index in [2.05, 4.69) is 16.0 Å². The molecule has 1 aliphatic rings. The van der Waals surface area contributed by atoms with Crippen molar-refractivity contribution >= 4 is 17.5 Å². The molecular weight excluding hydrogens is 287 g/mol. The average molecular weight is 301 g/mol. The molecule has 0 bridgehead atoms. The zero-order valence-corrected chi connectivity index (χ0v) is 11.2. The smallest absolute Gasteiger partial charge is 0.388 e. The molecule has 0 aliphatic carbocycles. The predicted octanol–water partition coefficient (Wildman–Crippen LogP) is 1.37. The Morgan fingerprint density at radius 3 is 2.62 bits per heavy atom. The summed E-state index contributed by atoms with van der Waals surface area (Å²) in [5.74, 6) is -0.827. The van der Waals surface area contributed by atoms with Crippen molar-refractivity contribution < 1.29 is 22.8 Å². The minimum atomic E-state index is -4.56. The lowest BCUT2D eigenvalue weighted by molar-refractivity contribution is -0.137. The molecule has 2 amide bonds. The molecule has 1 aliphatic heterocycles. The Labute approximate surface area is 118 Å². The minimum absolute atomic E-state index is 0.0966. The van der Waals surface area contributed by atoms with Gasteiger partial charge in [-0.05, 0) is 18.2 Å². The quantitative estimate of drug-likeness (QED) is 0.789. The zero-order chi connectivity index (χ0) is 15.6. The Bertz CT molecular complexity index is 572. The number of alkyl halides is 3. The van der Waals surface area contributed by atoms with Gasteiger partial charge in [0.15, 0.2) is 0 Å². The lowest BCUT2D eigenvalue weighted by Gasteiger charge is -2.15. The van der Waals surface area contributed by atoms with Crippen LogP contribution < -0.4 is 16.0 Å². The number of carbonyl (C=O) groups is 2. The molecule has 2 rings (SSSR count). The zero-order valence-electron chi connectivity index (χ0n) is 11.2. The van der Waals surface area contributed by atoms with Gasteiger partial charge in [-0.3, -0.25) is 9.59 Å². The molecular formula is C13H14F3N3O2. The van der Waals surface area contributed by atoms with E-state index in [4.69, 9.17) is 0 Å². The van der Waals surface area contributed by atoms with E-state index >= 15 is 0 Å². The van der Waals surface area contributed by atoms with Crippen molar-refractivity contribution in [2.75, 3.05) is 18.9 Å². The summed E-state index contributed by atoms with van der Waals surface area (Å²) in [5.41, 5.74) is -1.10. The number of halogens is 3. The van der Waals surface area contributed by atoms with Crippen molar-refractivity contribution in [1.82, 2.24) is 10.6 Å². The number of hydrogen-bond acceptors (Lipinski definition) is 3. The van der Waals surface area contributed by atoms with Gasteiger partial charge in [-0.15, -0.1) is 0 Å². The second-order valence-corrected chi connectivity index (χ2v) is 4.69. The van der Waals surface area contributed by atoms with Crippen LogP contribution in [0.3, 0.4) is 0 Å². The first-order chi connectivity index (χ1) is 9.81. The maximum Gasteiger partial charge on any atom is 0.418 e. The van der Waals surface area contributed by atoms with E-state index < -0.39 is 23.7 Å². The molecule has 114 valence electrons. The molecule has 1 heterocycles. The fraction of sp³-hybridized carbons (Fsp3) is 0.385. The van der Waals surface area contributed by atoms with Gasteiger partial charge in [0, 0.05) is 31.3 Å². The highest BCUT2D eigenvalue weighted by atomic mass is 19.4. The number of amides is 2. The van der Waals surface area contributed by atoms with Gasteiger partial charge >= 0.3 is 6.18 Å². The monoisotopic (exact) mass is 301 g/mol. The van der Waals surface area contributed by atoms with Gasteiger partial charge in [-0.2, -0.15) is 13.2 Å². The fourth-order valence-electron chi connectivity index (χ4n) is 2.11. The highest BCUT2D eigenvalue weighted by Crippen LogP contribution is 2.35. The first-order valence-electron chi connectivity index (χ1n) is 6.28. The third-order valence-corrected chi connectivity index (χ3v) is 3.17. The van der Waals surface area contributed by atoms with Crippen molar-refractivity contribution in [3.8, 4) is 0 Å². The number of carbonyl (C=O) groups excluding carboxylic acids is 2. The van der Waals surface area contributed by atoms with E-state index in [0.717, 1.165) is 6.07 Å². The van der Waals surface area contributed by atoms with Crippen molar-refractivity contribution in [3.63, 3.8) is 0 Å². The van der Waals surface area contributed by atoms with Crippen LogP contribution in [0.5, 0.6) is 0 Å². The Balaban J connectivity index is 2.20. The number of nitrogens with one attached hydrogen (secondary N) is 3. The molecule has 0 aromatic heterocycles. The summed E-state index contributed by atoms with van der Waals surface area (Å²) in [6.45, 7) is 0.283. The van der Waals surface area contributed by atoms with E-state index in [1.165, 1.54) is 19.2 Å². The molecule has 3 N–H and O–H groups in total. The third kappa shape index (κ3) is 3.45. The van der Waals surface area contributed by atoms with Crippen LogP contribution in [-0.4, -0.2) is 31.4 Å². The van der Waals surface area contributed by atoms with Gasteiger partial charge in [0.2, 0.25) is 5.91 Å². The SMILES string of the molecule is CNc1ccc(C(=O)NC2CNC(=O)C2)cc1C(F)(F)F. The Morgan fingerprint density at radius 1 is 1.38 bits per heavy atom. The normalized spacial score (nSPS) is 18.3. The second-order valence-electron chi connectivity index (χ2n) is 4.69. The Morgan fingerprint density at radius 2 is 2.10 bits per heavy atom. The Hall–Kier alpha value is -2.25. The lowest BCUT2D eigenvalue weighted by atomic mass is 10.1. The Kier molecular flexibility index (Phi) is 4.06. The van der Waals surface area contributed by atoms with Crippen molar-refractivity contribution in [1.29, 1.82) is 0 Å². The van der Waals surface area contributed by atoms with Crippen LogP contribution >= 0.6 is 0 Å². The van der Waals surface area contributed by atoms with Crippen molar-refractivity contribution in [2.24, 2.45) is 0 Å². The minimum Gasteiger partial charge on any atom is -0.388 e. The molecule has 1 aromatic carbocycles. The van der Waals surface area contributed by atoms with Crippen LogP contribution in [-0.2, 0) is 11.0 Å². The van der Waals surface area contributed by atoms with Gasteiger partial charge in [-0.25, -0.2) is 0 Å². The van der Waals surface area contributed by atoms with E-state index in [-0.39, 0.29) is 30.1 Å². The van der Waals surface area contributed by atoms with Crippen LogP contribution in [0, 0.1) is 0 Å². The van der Waals surface area contributed by atoms with E-state index in [0.29, 0.717) is 0 Å². The topological polar surface area (TPSA) is 70.2 Å². The summed E-state index contributed by atoms with van der Waals surface area (Å²) in [7, 11) is 1.38. The number of anilines is 1. The van der Waals surface area contributed by atoms with Gasteiger partial charge in [0.05, 0.1) is 11.6 Å². The molecule has 21 heavy (non-hydrogen) atoms. The van der Waals surface area contributed by atoms with Crippen LogP contribution in [0.2, 0.25) is 0 Å². The van der Waals surface area contributed by atoms with E-state index in [1.807, 2.05) is 0 Å². The largest absolute Gasteiger partial charge is 0.418 e. The van der Waals surface area contributed by atoms with Crippen LogP contribution in [0.1, 0.15) is 22.3 Å². The molecule has 1 atom stereocenters. The van der Waals surface area contributed by atoms with Crippen LogP contribution in [0.4, 0.5) is 18.9 Å². The maximum atomic E-state index is 12.9. The summed E-state index contributed by atoms with van der Waals surface area (Å²) < 4.78 is 38.7. The lowest BCUT2D eigenvalue weighted by Crippen LogP contribution is -2.36. The number of rotatable bonds is 3. The van der Waals surface area contributed by atoms with E-state index in [1.54, 1.807) is 0 Å². The second kappa shape index (κ2) is 5.63. The van der Waals surface area contributed by atoms with Crippen LogP contribution in [0.15, 0.2) is 18.2 Å². The molecule has 0 saturated carbocycles. The average Bonchev–Trinajstić information content (AvgIpc) is 2.82. The summed E-state index contributed by atoms with van der Waals surface area (Å²) >= 11 is 0. The molecule has 1 fully saturated rings. The molecule has 1 aromatic rings. The van der Waals surface area contributed by atoms with E-state index in [9.17, 15) is 22.8 Å². The molecule has 5 nitrogen and oxygen atoms in total.